The van der Waals surface area contributed by atoms with Crippen LogP contribution in [0.3, 0.4) is 0 Å². The van der Waals surface area contributed by atoms with Crippen LogP contribution in [0.1, 0.15) is 18.1 Å². The number of hydrogen-bond acceptors (Lipinski definition) is 3. The normalized spacial score (nSPS) is 10.1. The predicted molar refractivity (Wildman–Crippen MR) is 96.1 cm³/mol. The molecule has 0 aromatic heterocycles. The molecule has 2 aromatic rings. The van der Waals surface area contributed by atoms with E-state index < -0.39 is 0 Å². The van der Waals surface area contributed by atoms with Gasteiger partial charge in [-0.3, -0.25) is 0 Å². The van der Waals surface area contributed by atoms with Gasteiger partial charge in [0.1, 0.15) is 18.1 Å². The smallest absolute Gasteiger partial charge is 0.319 e. The van der Waals surface area contributed by atoms with Crippen LogP contribution in [0.4, 0.5) is 10.5 Å². The third-order valence-electron chi connectivity index (χ3n) is 3.57. The number of rotatable bonds is 7. The van der Waals surface area contributed by atoms with Crippen molar-refractivity contribution in [1.29, 1.82) is 0 Å². The molecule has 0 heterocycles. The zero-order valence-corrected chi connectivity index (χ0v) is 14.4. The molecule has 24 heavy (non-hydrogen) atoms. The van der Waals surface area contributed by atoms with Gasteiger partial charge in [-0.2, -0.15) is 0 Å². The number of benzene rings is 2. The average molecular weight is 328 g/mol. The molecule has 0 unspecified atom stereocenters. The van der Waals surface area contributed by atoms with Crippen LogP contribution in [-0.2, 0) is 6.42 Å². The van der Waals surface area contributed by atoms with E-state index in [4.69, 9.17) is 9.47 Å². The van der Waals surface area contributed by atoms with Crippen molar-refractivity contribution in [3.8, 4) is 11.5 Å². The molecule has 0 radical (unpaired) electrons. The zero-order valence-electron chi connectivity index (χ0n) is 14.4. The van der Waals surface area contributed by atoms with E-state index in [1.807, 2.05) is 43.3 Å². The van der Waals surface area contributed by atoms with Crippen LogP contribution in [0.5, 0.6) is 11.5 Å². The third-order valence-corrected chi connectivity index (χ3v) is 3.57. The van der Waals surface area contributed by atoms with Crippen LogP contribution in [0, 0.1) is 6.92 Å². The second-order valence-electron chi connectivity index (χ2n) is 5.43. The van der Waals surface area contributed by atoms with Gasteiger partial charge in [0, 0.05) is 0 Å². The van der Waals surface area contributed by atoms with Gasteiger partial charge in [0.25, 0.3) is 0 Å². The van der Waals surface area contributed by atoms with Crippen LogP contribution < -0.4 is 20.1 Å². The fraction of sp³-hybridized carbons (Fsp3) is 0.316. The molecule has 0 aliphatic carbocycles. The van der Waals surface area contributed by atoms with E-state index in [-0.39, 0.29) is 6.03 Å². The summed E-state index contributed by atoms with van der Waals surface area (Å²) >= 11 is 0. The molecule has 5 heteroatoms. The number of nitrogens with one attached hydrogen (secondary N) is 2. The number of methoxy groups -OCH3 is 1. The molecule has 5 nitrogen and oxygen atoms in total. The maximum Gasteiger partial charge on any atom is 0.319 e. The average Bonchev–Trinajstić information content (AvgIpc) is 2.59. The maximum absolute atomic E-state index is 12.0. The molecule has 2 rings (SSSR count). The summed E-state index contributed by atoms with van der Waals surface area (Å²) in [5.41, 5.74) is 2.92. The first kappa shape index (κ1) is 17.7. The second kappa shape index (κ2) is 8.82. The van der Waals surface area contributed by atoms with E-state index >= 15 is 0 Å². The van der Waals surface area contributed by atoms with Crippen molar-refractivity contribution >= 4 is 11.7 Å². The Morgan fingerprint density at radius 2 is 2.00 bits per heavy atom. The Labute approximate surface area is 143 Å². The summed E-state index contributed by atoms with van der Waals surface area (Å²) in [6.07, 6.45) is 0.968. The second-order valence-corrected chi connectivity index (χ2v) is 5.43. The first-order valence-electron chi connectivity index (χ1n) is 8.03. The van der Waals surface area contributed by atoms with E-state index in [9.17, 15) is 4.79 Å². The highest BCUT2D eigenvalue weighted by Gasteiger charge is 2.07. The number of ether oxygens (including phenoxy) is 2. The van der Waals surface area contributed by atoms with E-state index in [1.165, 1.54) is 5.56 Å². The van der Waals surface area contributed by atoms with Crippen LogP contribution in [0.2, 0.25) is 0 Å². The number of amides is 2. The Bertz CT molecular complexity index is 686. The molecular weight excluding hydrogens is 304 g/mol. The van der Waals surface area contributed by atoms with Crippen LogP contribution in [0.15, 0.2) is 42.5 Å². The molecule has 0 saturated carbocycles. The molecule has 0 atom stereocenters. The molecule has 128 valence electrons. The van der Waals surface area contributed by atoms with E-state index in [0.717, 1.165) is 17.7 Å². The fourth-order valence-corrected chi connectivity index (χ4v) is 2.27. The number of aryl methyl sites for hydroxylation is 2. The molecule has 0 fully saturated rings. The van der Waals surface area contributed by atoms with Gasteiger partial charge in [-0.25, -0.2) is 4.79 Å². The van der Waals surface area contributed by atoms with Crippen LogP contribution in [0.25, 0.3) is 0 Å². The quantitative estimate of drug-likeness (QED) is 0.761. The Hall–Kier alpha value is -2.69. The van der Waals surface area contributed by atoms with E-state index in [0.29, 0.717) is 24.6 Å². The van der Waals surface area contributed by atoms with Crippen molar-refractivity contribution in [2.45, 2.75) is 20.3 Å². The largest absolute Gasteiger partial charge is 0.495 e. The number of hydrogen-bond donors (Lipinski definition) is 2. The zero-order chi connectivity index (χ0) is 17.4. The summed E-state index contributed by atoms with van der Waals surface area (Å²) in [5.74, 6) is 1.44. The first-order valence-corrected chi connectivity index (χ1v) is 8.03. The predicted octanol–water partition coefficient (Wildman–Crippen LogP) is 3.77. The van der Waals surface area contributed by atoms with Crippen LogP contribution in [-0.4, -0.2) is 26.3 Å². The van der Waals surface area contributed by atoms with Gasteiger partial charge in [-0.15, -0.1) is 0 Å². The topological polar surface area (TPSA) is 59.6 Å². The summed E-state index contributed by atoms with van der Waals surface area (Å²) < 4.78 is 10.9. The lowest BCUT2D eigenvalue weighted by molar-refractivity contribution is 0.247. The lowest BCUT2D eigenvalue weighted by Gasteiger charge is -2.12. The maximum atomic E-state index is 12.0. The van der Waals surface area contributed by atoms with Gasteiger partial charge in [0.2, 0.25) is 0 Å². The minimum absolute atomic E-state index is 0.287. The summed E-state index contributed by atoms with van der Waals surface area (Å²) in [5, 5.41) is 5.56. The van der Waals surface area contributed by atoms with Gasteiger partial charge in [-0.1, -0.05) is 25.1 Å². The van der Waals surface area contributed by atoms with E-state index in [1.54, 1.807) is 7.11 Å². The van der Waals surface area contributed by atoms with Crippen molar-refractivity contribution in [2.75, 3.05) is 25.6 Å². The highest BCUT2D eigenvalue weighted by atomic mass is 16.5. The first-order chi connectivity index (χ1) is 11.6. The molecule has 2 aromatic carbocycles. The minimum atomic E-state index is -0.287. The van der Waals surface area contributed by atoms with Crippen molar-refractivity contribution in [1.82, 2.24) is 5.32 Å². The SMILES string of the molecule is CCc1cccc(OCCNC(=O)Nc2cc(C)ccc2OC)c1. The molecule has 0 saturated heterocycles. The summed E-state index contributed by atoms with van der Waals surface area (Å²) in [4.78, 5) is 12.0. The monoisotopic (exact) mass is 328 g/mol. The number of urea groups is 1. The summed E-state index contributed by atoms with van der Waals surface area (Å²) in [6, 6.07) is 13.3. The van der Waals surface area contributed by atoms with Crippen LogP contribution >= 0.6 is 0 Å². The lowest BCUT2D eigenvalue weighted by atomic mass is 10.2. The molecule has 0 aliphatic heterocycles. The summed E-state index contributed by atoms with van der Waals surface area (Å²) in [6.45, 7) is 4.88. The minimum Gasteiger partial charge on any atom is -0.495 e. The Morgan fingerprint density at radius 3 is 2.75 bits per heavy atom. The molecule has 0 bridgehead atoms. The molecule has 0 spiro atoms. The third kappa shape index (κ3) is 5.19. The molecule has 2 N–H and O–H groups in total. The van der Waals surface area contributed by atoms with Gasteiger partial charge in [0.05, 0.1) is 19.3 Å². The van der Waals surface area contributed by atoms with Crippen molar-refractivity contribution in [2.24, 2.45) is 0 Å². The number of anilines is 1. The molecule has 0 aliphatic rings. The van der Waals surface area contributed by atoms with Gasteiger partial charge < -0.3 is 20.1 Å². The fourth-order valence-electron chi connectivity index (χ4n) is 2.27. The summed E-state index contributed by atoms with van der Waals surface area (Å²) in [7, 11) is 1.58. The molecular formula is C19H24N2O3. The Balaban J connectivity index is 1.78. The number of carbonyl (C=O) groups excluding carboxylic acids is 1. The van der Waals surface area contributed by atoms with Gasteiger partial charge in [0.15, 0.2) is 0 Å². The Morgan fingerprint density at radius 1 is 1.17 bits per heavy atom. The van der Waals surface area contributed by atoms with Gasteiger partial charge >= 0.3 is 6.03 Å². The standard InChI is InChI=1S/C19H24N2O3/c1-4-15-6-5-7-16(13-15)24-11-10-20-19(22)21-17-12-14(2)8-9-18(17)23-3/h5-9,12-13H,4,10-11H2,1-3H3,(H2,20,21,22). The van der Waals surface area contributed by atoms with E-state index in [2.05, 4.69) is 23.6 Å². The van der Waals surface area contributed by atoms with Crippen molar-refractivity contribution < 1.29 is 14.3 Å². The lowest BCUT2D eigenvalue weighted by Crippen LogP contribution is -2.32. The Kier molecular flexibility index (Phi) is 6.49. The van der Waals surface area contributed by atoms with Crippen molar-refractivity contribution in [3.05, 3.63) is 53.6 Å². The number of carbonyl (C=O) groups is 1. The molecule has 2 amide bonds. The van der Waals surface area contributed by atoms with Crippen molar-refractivity contribution in [3.63, 3.8) is 0 Å². The highest BCUT2D eigenvalue weighted by molar-refractivity contribution is 5.91. The highest BCUT2D eigenvalue weighted by Crippen LogP contribution is 2.24. The van der Waals surface area contributed by atoms with Gasteiger partial charge in [-0.05, 0) is 48.7 Å².